The number of nitriles is 1. The van der Waals surface area contributed by atoms with Crippen LogP contribution in [0.25, 0.3) is 16.6 Å². The quantitative estimate of drug-likeness (QED) is 0.579. The van der Waals surface area contributed by atoms with Gasteiger partial charge in [0.2, 0.25) is 5.91 Å². The van der Waals surface area contributed by atoms with E-state index in [2.05, 4.69) is 27.6 Å². The van der Waals surface area contributed by atoms with Crippen molar-refractivity contribution in [2.45, 2.75) is 20.0 Å². The molecule has 33 heavy (non-hydrogen) atoms. The van der Waals surface area contributed by atoms with Gasteiger partial charge >= 0.3 is 0 Å². The van der Waals surface area contributed by atoms with Crippen molar-refractivity contribution in [3.8, 4) is 22.9 Å². The standard InChI is InChI=1S/C24H26N6O3/c1-16(2)24(32)29-8-6-28(7-9-29)22-5-4-18(12-26-22)21-10-20(33-15-17(3)31)14-30-23(21)19(11-25)13-27-30/h4-5,10,12-14,17,31H,1,6-9,15H2,2-3H3/t17-/m1/s1. The first-order valence-corrected chi connectivity index (χ1v) is 10.8. The number of ether oxygens (including phenoxy) is 1. The molecular weight excluding hydrogens is 420 g/mol. The van der Waals surface area contributed by atoms with Crippen LogP contribution in [0.5, 0.6) is 5.75 Å². The number of fused-ring (bicyclic) bond motifs is 1. The maximum absolute atomic E-state index is 12.1. The summed E-state index contributed by atoms with van der Waals surface area (Å²) < 4.78 is 7.29. The van der Waals surface area contributed by atoms with E-state index in [-0.39, 0.29) is 12.5 Å². The zero-order chi connectivity index (χ0) is 23.5. The third-order valence-electron chi connectivity index (χ3n) is 5.51. The van der Waals surface area contributed by atoms with Gasteiger partial charge in [-0.15, -0.1) is 0 Å². The number of aromatic nitrogens is 3. The number of rotatable bonds is 6. The Bertz CT molecular complexity index is 1220. The van der Waals surface area contributed by atoms with Gasteiger partial charge in [0.25, 0.3) is 0 Å². The second kappa shape index (κ2) is 9.30. The molecule has 3 aromatic rings. The van der Waals surface area contributed by atoms with E-state index in [1.54, 1.807) is 30.8 Å². The average Bonchev–Trinajstić information content (AvgIpc) is 3.25. The Morgan fingerprint density at radius 1 is 1.30 bits per heavy atom. The van der Waals surface area contributed by atoms with Crippen LogP contribution >= 0.6 is 0 Å². The van der Waals surface area contributed by atoms with Gasteiger partial charge in [0.15, 0.2) is 0 Å². The zero-order valence-corrected chi connectivity index (χ0v) is 18.7. The lowest BCUT2D eigenvalue weighted by Crippen LogP contribution is -2.49. The van der Waals surface area contributed by atoms with Crippen molar-refractivity contribution in [3.63, 3.8) is 0 Å². The van der Waals surface area contributed by atoms with Gasteiger partial charge in [0, 0.05) is 49.1 Å². The molecule has 1 N–H and O–H groups in total. The summed E-state index contributed by atoms with van der Waals surface area (Å²) in [6.07, 6.45) is 4.37. The minimum absolute atomic E-state index is 0.00577. The Morgan fingerprint density at radius 3 is 2.67 bits per heavy atom. The number of aliphatic hydroxyl groups is 1. The summed E-state index contributed by atoms with van der Waals surface area (Å²) in [5.41, 5.74) is 3.26. The van der Waals surface area contributed by atoms with Crippen molar-refractivity contribution in [2.24, 2.45) is 0 Å². The number of piperazine rings is 1. The molecule has 0 unspecified atom stereocenters. The van der Waals surface area contributed by atoms with Gasteiger partial charge in [-0.1, -0.05) is 6.58 Å². The summed E-state index contributed by atoms with van der Waals surface area (Å²) >= 11 is 0. The first-order valence-electron chi connectivity index (χ1n) is 10.8. The molecule has 0 aromatic carbocycles. The van der Waals surface area contributed by atoms with Crippen molar-refractivity contribution in [2.75, 3.05) is 37.7 Å². The lowest BCUT2D eigenvalue weighted by molar-refractivity contribution is -0.127. The third kappa shape index (κ3) is 4.66. The number of aliphatic hydroxyl groups excluding tert-OH is 1. The molecule has 1 atom stereocenters. The summed E-state index contributed by atoms with van der Waals surface area (Å²) in [6.45, 7) is 9.90. The second-order valence-corrected chi connectivity index (χ2v) is 8.18. The lowest BCUT2D eigenvalue weighted by atomic mass is 10.1. The number of pyridine rings is 2. The fraction of sp³-hybridized carbons (Fsp3) is 0.333. The van der Waals surface area contributed by atoms with E-state index < -0.39 is 6.10 Å². The Balaban J connectivity index is 1.59. The maximum Gasteiger partial charge on any atom is 0.249 e. The summed E-state index contributed by atoms with van der Waals surface area (Å²) in [4.78, 5) is 20.7. The number of carbonyl (C=O) groups excluding carboxylic acids is 1. The minimum atomic E-state index is -0.608. The average molecular weight is 447 g/mol. The maximum atomic E-state index is 12.1. The summed E-state index contributed by atoms with van der Waals surface area (Å²) in [5.74, 6) is 1.36. The Hall–Kier alpha value is -3.90. The van der Waals surface area contributed by atoms with Crippen molar-refractivity contribution in [3.05, 3.63) is 54.5 Å². The molecule has 9 nitrogen and oxygen atoms in total. The van der Waals surface area contributed by atoms with Crippen LogP contribution in [-0.4, -0.2) is 69.4 Å². The predicted octanol–water partition coefficient (Wildman–Crippen LogP) is 2.25. The van der Waals surface area contributed by atoms with E-state index >= 15 is 0 Å². The molecule has 0 saturated carbocycles. The van der Waals surface area contributed by atoms with Gasteiger partial charge in [-0.2, -0.15) is 10.4 Å². The first-order chi connectivity index (χ1) is 15.9. The Kier molecular flexibility index (Phi) is 6.29. The fourth-order valence-corrected chi connectivity index (χ4v) is 3.84. The molecule has 0 bridgehead atoms. The molecule has 1 fully saturated rings. The van der Waals surface area contributed by atoms with E-state index in [4.69, 9.17) is 4.74 Å². The second-order valence-electron chi connectivity index (χ2n) is 8.18. The smallest absolute Gasteiger partial charge is 0.249 e. The molecule has 1 amide bonds. The SMILES string of the molecule is C=C(C)C(=O)N1CCN(c2ccc(-c3cc(OC[C@@H](C)O)cn4ncc(C#N)c34)cn2)CC1. The third-order valence-corrected chi connectivity index (χ3v) is 5.51. The molecule has 3 aromatic heterocycles. The number of hydrogen-bond acceptors (Lipinski definition) is 7. The van der Waals surface area contributed by atoms with Crippen LogP contribution in [0.4, 0.5) is 5.82 Å². The van der Waals surface area contributed by atoms with E-state index in [9.17, 15) is 15.2 Å². The summed E-state index contributed by atoms with van der Waals surface area (Å²) in [7, 11) is 0. The molecular formula is C24H26N6O3. The van der Waals surface area contributed by atoms with Gasteiger partial charge in [0.1, 0.15) is 24.2 Å². The van der Waals surface area contributed by atoms with Crippen LogP contribution in [0, 0.1) is 11.3 Å². The lowest BCUT2D eigenvalue weighted by Gasteiger charge is -2.35. The molecule has 1 saturated heterocycles. The van der Waals surface area contributed by atoms with Crippen molar-refractivity contribution >= 4 is 17.2 Å². The number of anilines is 1. The Labute approximate surface area is 192 Å². The van der Waals surface area contributed by atoms with Crippen LogP contribution in [0.1, 0.15) is 19.4 Å². The molecule has 1 aliphatic rings. The van der Waals surface area contributed by atoms with Crippen LogP contribution in [-0.2, 0) is 4.79 Å². The van der Waals surface area contributed by atoms with Gasteiger partial charge in [-0.25, -0.2) is 9.50 Å². The number of nitrogens with zero attached hydrogens (tertiary/aromatic N) is 6. The molecule has 4 rings (SSSR count). The van der Waals surface area contributed by atoms with Gasteiger partial charge < -0.3 is 19.6 Å². The van der Waals surface area contributed by atoms with E-state index in [1.165, 1.54) is 6.20 Å². The highest BCUT2D eigenvalue weighted by Gasteiger charge is 2.22. The number of carbonyl (C=O) groups is 1. The van der Waals surface area contributed by atoms with E-state index in [0.717, 1.165) is 16.9 Å². The molecule has 0 spiro atoms. The highest BCUT2D eigenvalue weighted by atomic mass is 16.5. The van der Waals surface area contributed by atoms with Crippen molar-refractivity contribution in [1.82, 2.24) is 19.5 Å². The largest absolute Gasteiger partial charge is 0.489 e. The first kappa shape index (κ1) is 22.3. The molecule has 170 valence electrons. The highest BCUT2D eigenvalue weighted by molar-refractivity contribution is 5.92. The molecule has 0 radical (unpaired) electrons. The monoisotopic (exact) mass is 446 g/mol. The highest BCUT2D eigenvalue weighted by Crippen LogP contribution is 2.31. The molecule has 0 aliphatic carbocycles. The predicted molar refractivity (Wildman–Crippen MR) is 124 cm³/mol. The minimum Gasteiger partial charge on any atom is -0.489 e. The van der Waals surface area contributed by atoms with Gasteiger partial charge in [-0.3, -0.25) is 4.79 Å². The summed E-state index contributed by atoms with van der Waals surface area (Å²) in [5, 5.41) is 23.4. The van der Waals surface area contributed by atoms with E-state index in [1.807, 2.05) is 23.1 Å². The molecule has 1 aliphatic heterocycles. The van der Waals surface area contributed by atoms with Crippen LogP contribution in [0.3, 0.4) is 0 Å². The van der Waals surface area contributed by atoms with Crippen LogP contribution in [0.2, 0.25) is 0 Å². The molecule has 9 heteroatoms. The zero-order valence-electron chi connectivity index (χ0n) is 18.7. The van der Waals surface area contributed by atoms with Gasteiger partial charge in [0.05, 0.1) is 29.6 Å². The Morgan fingerprint density at radius 2 is 2.06 bits per heavy atom. The van der Waals surface area contributed by atoms with Crippen molar-refractivity contribution < 1.29 is 14.6 Å². The normalized spacial score (nSPS) is 14.7. The number of amides is 1. The van der Waals surface area contributed by atoms with Crippen LogP contribution < -0.4 is 9.64 Å². The van der Waals surface area contributed by atoms with Crippen molar-refractivity contribution in [1.29, 1.82) is 5.26 Å². The topological polar surface area (TPSA) is 107 Å². The fourth-order valence-electron chi connectivity index (χ4n) is 3.84. The number of hydrogen-bond donors (Lipinski definition) is 1. The summed E-state index contributed by atoms with van der Waals surface area (Å²) in [6, 6.07) is 7.91. The van der Waals surface area contributed by atoms with Gasteiger partial charge in [-0.05, 0) is 32.0 Å². The molecule has 4 heterocycles. The van der Waals surface area contributed by atoms with Crippen LogP contribution in [0.15, 0.2) is 48.9 Å². The van der Waals surface area contributed by atoms with E-state index in [0.29, 0.717) is 48.6 Å².